The standard InChI is InChI=1S/C38H65NO13/c1-12-28-25(18-48-38-36(47-11)35(46-10)32(44)24(7)50-38)15-19(2)13-14-26(40)20(3)16-21(4)34(22(5)27(41)17-29(42)51-28)52-37-33(45)30(39(8)9)31(43)23(6)49-37/h13-15,20-25,27-28,30-38,41,43-45H,12,16-18H2,1-11H3/b14-13+,19-15-. The average molecular weight is 744 g/mol. The van der Waals surface area contributed by atoms with Crippen LogP contribution in [0, 0.1) is 23.7 Å². The molecule has 0 spiro atoms. The van der Waals surface area contributed by atoms with Crippen molar-refractivity contribution >= 4 is 11.8 Å². The fraction of sp³-hybridized carbons (Fsp3) is 0.842. The predicted octanol–water partition coefficient (Wildman–Crippen LogP) is 1.99. The molecule has 3 aliphatic heterocycles. The normalized spacial score (nSPS) is 44.9. The van der Waals surface area contributed by atoms with Gasteiger partial charge in [-0.15, -0.1) is 0 Å². The number of ether oxygens (including phenoxy) is 7. The minimum Gasteiger partial charge on any atom is -0.462 e. The third-order valence-corrected chi connectivity index (χ3v) is 10.9. The Balaban J connectivity index is 1.90. The van der Waals surface area contributed by atoms with Crippen molar-refractivity contribution in [2.24, 2.45) is 23.7 Å². The van der Waals surface area contributed by atoms with Crippen molar-refractivity contribution in [2.45, 2.75) is 147 Å². The molecule has 0 bridgehead atoms. The van der Waals surface area contributed by atoms with Crippen LogP contribution in [0.25, 0.3) is 0 Å². The summed E-state index contributed by atoms with van der Waals surface area (Å²) in [6.07, 6.45) is -4.78. The lowest BCUT2D eigenvalue weighted by Gasteiger charge is -2.46. The molecule has 17 atom stereocenters. The van der Waals surface area contributed by atoms with Crippen LogP contribution in [-0.2, 0) is 42.7 Å². The molecule has 0 aromatic heterocycles. The first kappa shape index (κ1) is 44.6. The Hall–Kier alpha value is -1.82. The molecule has 0 radical (unpaired) electrons. The number of cyclic esters (lactones) is 1. The van der Waals surface area contributed by atoms with E-state index in [0.717, 1.165) is 5.57 Å². The summed E-state index contributed by atoms with van der Waals surface area (Å²) in [4.78, 5) is 28.6. The fourth-order valence-corrected chi connectivity index (χ4v) is 7.62. The Labute approximate surface area is 309 Å². The van der Waals surface area contributed by atoms with Crippen molar-refractivity contribution < 1.29 is 63.2 Å². The van der Waals surface area contributed by atoms with Crippen molar-refractivity contribution in [3.8, 4) is 0 Å². The molecule has 0 aromatic rings. The van der Waals surface area contributed by atoms with Gasteiger partial charge in [0.05, 0.1) is 49.6 Å². The second-order valence-electron chi connectivity index (χ2n) is 15.2. The number of nitrogens with zero attached hydrogens (tertiary/aromatic N) is 1. The number of hydrogen-bond acceptors (Lipinski definition) is 14. The van der Waals surface area contributed by atoms with E-state index in [0.29, 0.717) is 12.8 Å². The number of ketones is 1. The van der Waals surface area contributed by atoms with Gasteiger partial charge in [-0.1, -0.05) is 45.4 Å². The highest BCUT2D eigenvalue weighted by Gasteiger charge is 2.47. The average Bonchev–Trinajstić information content (AvgIpc) is 3.09. The molecule has 3 aliphatic rings. The van der Waals surface area contributed by atoms with Crippen LogP contribution in [0.1, 0.15) is 67.7 Å². The number of aliphatic hydroxyl groups is 4. The molecule has 14 nitrogen and oxygen atoms in total. The molecule has 52 heavy (non-hydrogen) atoms. The summed E-state index contributed by atoms with van der Waals surface area (Å²) >= 11 is 0. The first-order valence-electron chi connectivity index (χ1n) is 18.6. The molecule has 0 aliphatic carbocycles. The second kappa shape index (κ2) is 20.2. The molecule has 17 unspecified atom stereocenters. The maximum absolute atomic E-state index is 13.5. The van der Waals surface area contributed by atoms with Crippen molar-refractivity contribution in [3.63, 3.8) is 0 Å². The number of likely N-dealkylation sites (N-methyl/N-ethyl adjacent to an activating group) is 1. The van der Waals surface area contributed by atoms with Crippen LogP contribution in [0.3, 0.4) is 0 Å². The van der Waals surface area contributed by atoms with Gasteiger partial charge in [0.1, 0.15) is 30.5 Å². The topological polar surface area (TPSA) is 183 Å². The van der Waals surface area contributed by atoms with E-state index in [2.05, 4.69) is 0 Å². The quantitative estimate of drug-likeness (QED) is 0.252. The lowest BCUT2D eigenvalue weighted by Crippen LogP contribution is -2.63. The van der Waals surface area contributed by atoms with E-state index in [1.54, 1.807) is 45.8 Å². The number of methoxy groups -OCH3 is 2. The summed E-state index contributed by atoms with van der Waals surface area (Å²) < 4.78 is 41.7. The summed E-state index contributed by atoms with van der Waals surface area (Å²) in [6.45, 7) is 12.7. The van der Waals surface area contributed by atoms with E-state index in [-0.39, 0.29) is 24.7 Å². The molecule has 0 amide bonds. The van der Waals surface area contributed by atoms with E-state index in [4.69, 9.17) is 33.2 Å². The number of esters is 1. The van der Waals surface area contributed by atoms with Crippen molar-refractivity contribution in [3.05, 3.63) is 23.8 Å². The number of carbonyl (C=O) groups excluding carboxylic acids is 2. The minimum atomic E-state index is -1.21. The van der Waals surface area contributed by atoms with Crippen LogP contribution in [0.15, 0.2) is 23.8 Å². The fourth-order valence-electron chi connectivity index (χ4n) is 7.62. The van der Waals surface area contributed by atoms with Crippen molar-refractivity contribution in [2.75, 3.05) is 34.9 Å². The first-order chi connectivity index (χ1) is 24.4. The zero-order valence-corrected chi connectivity index (χ0v) is 32.8. The Morgan fingerprint density at radius 2 is 1.46 bits per heavy atom. The van der Waals surface area contributed by atoms with E-state index in [1.165, 1.54) is 20.3 Å². The lowest BCUT2D eigenvalue weighted by atomic mass is 9.82. The van der Waals surface area contributed by atoms with Crippen LogP contribution in [-0.4, -0.2) is 152 Å². The first-order valence-corrected chi connectivity index (χ1v) is 18.6. The molecular formula is C38H65NO13. The van der Waals surface area contributed by atoms with Crippen LogP contribution in [0.4, 0.5) is 0 Å². The van der Waals surface area contributed by atoms with Gasteiger partial charge in [0.2, 0.25) is 0 Å². The molecule has 0 saturated carbocycles. The second-order valence-corrected chi connectivity index (χ2v) is 15.2. The van der Waals surface area contributed by atoms with Gasteiger partial charge in [0.25, 0.3) is 0 Å². The third kappa shape index (κ3) is 11.1. The van der Waals surface area contributed by atoms with E-state index in [9.17, 15) is 30.0 Å². The van der Waals surface area contributed by atoms with Gasteiger partial charge in [0.15, 0.2) is 18.4 Å². The van der Waals surface area contributed by atoms with Gasteiger partial charge >= 0.3 is 5.97 Å². The minimum absolute atomic E-state index is 0.0439. The van der Waals surface area contributed by atoms with Crippen molar-refractivity contribution in [1.82, 2.24) is 4.90 Å². The van der Waals surface area contributed by atoms with Gasteiger partial charge in [-0.2, -0.15) is 0 Å². The van der Waals surface area contributed by atoms with Crippen LogP contribution < -0.4 is 0 Å². The van der Waals surface area contributed by atoms with Gasteiger partial charge in [-0.3, -0.25) is 9.59 Å². The molecule has 2 saturated heterocycles. The van der Waals surface area contributed by atoms with Crippen molar-refractivity contribution in [1.29, 1.82) is 0 Å². The summed E-state index contributed by atoms with van der Waals surface area (Å²) in [6, 6.07) is -0.670. The van der Waals surface area contributed by atoms with E-state index >= 15 is 0 Å². The maximum Gasteiger partial charge on any atom is 0.308 e. The SMILES string of the molecule is CCC1OC(=O)CC(O)C(C)C(OC2OC(C)C(O)C(N(C)C)C2O)C(C)CC(C)C(=O)/C=C/C(C)=C\C1COC1OC(C)C(O)C(OC)C1OC. The highest BCUT2D eigenvalue weighted by atomic mass is 16.7. The Morgan fingerprint density at radius 1 is 0.846 bits per heavy atom. The smallest absolute Gasteiger partial charge is 0.308 e. The van der Waals surface area contributed by atoms with Gasteiger partial charge < -0.3 is 58.5 Å². The zero-order valence-electron chi connectivity index (χ0n) is 32.8. The van der Waals surface area contributed by atoms with Gasteiger partial charge in [0, 0.05) is 32.0 Å². The largest absolute Gasteiger partial charge is 0.462 e. The summed E-state index contributed by atoms with van der Waals surface area (Å²) in [5.41, 5.74) is 0.750. The van der Waals surface area contributed by atoms with Gasteiger partial charge in [-0.05, 0) is 59.7 Å². The predicted molar refractivity (Wildman–Crippen MR) is 191 cm³/mol. The van der Waals surface area contributed by atoms with E-state index < -0.39 is 103 Å². The third-order valence-electron chi connectivity index (χ3n) is 10.9. The van der Waals surface area contributed by atoms with E-state index in [1.807, 2.05) is 33.8 Å². The maximum atomic E-state index is 13.5. The van der Waals surface area contributed by atoms with Crippen LogP contribution >= 0.6 is 0 Å². The Kier molecular flexibility index (Phi) is 17.3. The Bertz CT molecular complexity index is 1200. The molecule has 3 rings (SSSR count). The molecule has 14 heteroatoms. The van der Waals surface area contributed by atoms with Crippen LogP contribution in [0.2, 0.25) is 0 Å². The zero-order chi connectivity index (χ0) is 39.0. The van der Waals surface area contributed by atoms with Crippen LogP contribution in [0.5, 0.6) is 0 Å². The molecule has 300 valence electrons. The molecule has 4 N–H and O–H groups in total. The molecular weight excluding hydrogens is 678 g/mol. The molecule has 0 aromatic carbocycles. The summed E-state index contributed by atoms with van der Waals surface area (Å²) in [7, 11) is 6.46. The monoisotopic (exact) mass is 743 g/mol. The number of allylic oxidation sites excluding steroid dienone is 3. The number of rotatable bonds is 9. The molecule has 2 fully saturated rings. The Morgan fingerprint density at radius 3 is 2.06 bits per heavy atom. The molecule has 3 heterocycles. The highest BCUT2D eigenvalue weighted by Crippen LogP contribution is 2.33. The summed E-state index contributed by atoms with van der Waals surface area (Å²) in [5.74, 6) is -2.56. The van der Waals surface area contributed by atoms with Gasteiger partial charge in [-0.25, -0.2) is 0 Å². The number of carbonyl (C=O) groups is 2. The lowest BCUT2D eigenvalue weighted by molar-refractivity contribution is -0.304. The number of aliphatic hydroxyl groups excluding tert-OH is 4. The number of hydrogen-bond donors (Lipinski definition) is 4. The highest BCUT2D eigenvalue weighted by molar-refractivity contribution is 5.91. The summed E-state index contributed by atoms with van der Waals surface area (Å²) in [5, 5.41) is 44.0.